The van der Waals surface area contributed by atoms with E-state index in [4.69, 9.17) is 16.3 Å². The second-order valence-electron chi connectivity index (χ2n) is 7.84. The van der Waals surface area contributed by atoms with Gasteiger partial charge in [-0.1, -0.05) is 23.7 Å². The number of carbonyl (C=O) groups is 1. The van der Waals surface area contributed by atoms with Crippen LogP contribution in [-0.2, 0) is 10.2 Å². The predicted octanol–water partition coefficient (Wildman–Crippen LogP) is 5.14. The predicted molar refractivity (Wildman–Crippen MR) is 112 cm³/mol. The van der Waals surface area contributed by atoms with Crippen molar-refractivity contribution in [1.29, 1.82) is 0 Å². The molecule has 4 rings (SSSR count). The normalized spacial score (nSPS) is 17.2. The zero-order valence-electron chi connectivity index (χ0n) is 16.6. The van der Waals surface area contributed by atoms with Gasteiger partial charge in [0.25, 0.3) is 0 Å². The summed E-state index contributed by atoms with van der Waals surface area (Å²) in [5, 5.41) is 17.9. The highest BCUT2D eigenvalue weighted by Gasteiger charge is 2.38. The van der Waals surface area contributed by atoms with E-state index in [1.54, 1.807) is 18.3 Å². The van der Waals surface area contributed by atoms with Gasteiger partial charge in [0.15, 0.2) is 0 Å². The van der Waals surface area contributed by atoms with Crippen molar-refractivity contribution < 1.29 is 19.0 Å². The Hall–Kier alpha value is -2.64. The molecule has 1 amide bonds. The van der Waals surface area contributed by atoms with Gasteiger partial charge in [0.1, 0.15) is 5.82 Å². The van der Waals surface area contributed by atoms with Crippen LogP contribution in [0.5, 0.6) is 0 Å². The van der Waals surface area contributed by atoms with E-state index in [1.165, 1.54) is 17.0 Å². The molecule has 1 fully saturated rings. The molecular weight excluding hydrogens is 409 g/mol. The van der Waals surface area contributed by atoms with Crippen LogP contribution >= 0.6 is 11.6 Å². The van der Waals surface area contributed by atoms with Crippen LogP contribution in [0.3, 0.4) is 0 Å². The average molecular weight is 432 g/mol. The summed E-state index contributed by atoms with van der Waals surface area (Å²) < 4.78 is 19.8. The number of nitrogens with one attached hydrogen (secondary N) is 1. The van der Waals surface area contributed by atoms with E-state index in [9.17, 15) is 14.3 Å². The Morgan fingerprint density at radius 2 is 2.03 bits per heavy atom. The molecule has 0 radical (unpaired) electrons. The van der Waals surface area contributed by atoms with Gasteiger partial charge >= 0.3 is 6.09 Å². The average Bonchev–Trinajstić information content (AvgIpc) is 3.20. The fourth-order valence-electron chi connectivity index (χ4n) is 4.19. The Balaban J connectivity index is 1.58. The molecule has 1 aliphatic rings. The van der Waals surface area contributed by atoms with Gasteiger partial charge < -0.3 is 14.7 Å². The third-order valence-corrected chi connectivity index (χ3v) is 6.26. The molecule has 0 aliphatic carbocycles. The van der Waals surface area contributed by atoms with Crippen LogP contribution in [0.25, 0.3) is 10.9 Å². The molecule has 0 spiro atoms. The van der Waals surface area contributed by atoms with E-state index in [0.29, 0.717) is 37.6 Å². The number of H-pyrrole nitrogens is 1. The fraction of sp³-hybridized carbons (Fsp3) is 0.364. The van der Waals surface area contributed by atoms with Crippen molar-refractivity contribution in [2.24, 2.45) is 0 Å². The summed E-state index contributed by atoms with van der Waals surface area (Å²) in [6, 6.07) is 10.1. The van der Waals surface area contributed by atoms with Gasteiger partial charge in [-0.15, -0.1) is 0 Å². The second kappa shape index (κ2) is 8.24. The smallest absolute Gasteiger partial charge is 0.407 e. The van der Waals surface area contributed by atoms with Gasteiger partial charge in [-0.05, 0) is 49.6 Å². The number of aromatic amines is 1. The van der Waals surface area contributed by atoms with Crippen molar-refractivity contribution in [3.05, 3.63) is 64.6 Å². The summed E-state index contributed by atoms with van der Waals surface area (Å²) >= 11 is 6.26. The maximum Gasteiger partial charge on any atom is 0.407 e. The Bertz CT molecular complexity index is 1050. The maximum absolute atomic E-state index is 13.5. The van der Waals surface area contributed by atoms with Gasteiger partial charge in [-0.2, -0.15) is 5.10 Å². The summed E-state index contributed by atoms with van der Waals surface area (Å²) in [5.74, 6) is -0.299. The highest BCUT2D eigenvalue weighted by molar-refractivity contribution is 6.31. The van der Waals surface area contributed by atoms with Crippen molar-refractivity contribution in [2.45, 2.75) is 31.3 Å². The van der Waals surface area contributed by atoms with Crippen LogP contribution in [0.15, 0.2) is 42.6 Å². The Kier molecular flexibility index (Phi) is 5.66. The number of halogens is 2. The van der Waals surface area contributed by atoms with Gasteiger partial charge in [0, 0.05) is 34.5 Å². The number of hydrogen-bond acceptors (Lipinski definition) is 3. The Labute approximate surface area is 178 Å². The minimum Gasteiger partial charge on any atom is -0.465 e. The zero-order valence-corrected chi connectivity index (χ0v) is 17.3. The molecule has 1 aliphatic heterocycles. The van der Waals surface area contributed by atoms with E-state index >= 15 is 0 Å². The molecule has 2 heterocycles. The lowest BCUT2D eigenvalue weighted by Crippen LogP contribution is -2.47. The molecule has 158 valence electrons. The lowest BCUT2D eigenvalue weighted by molar-refractivity contribution is 0.00557. The highest BCUT2D eigenvalue weighted by atomic mass is 35.5. The van der Waals surface area contributed by atoms with Crippen LogP contribution in [-0.4, -0.2) is 46.0 Å². The van der Waals surface area contributed by atoms with E-state index in [0.717, 1.165) is 22.0 Å². The van der Waals surface area contributed by atoms with Crippen LogP contribution < -0.4 is 0 Å². The number of piperidine rings is 1. The molecule has 1 saturated heterocycles. The van der Waals surface area contributed by atoms with Crippen molar-refractivity contribution in [3.8, 4) is 0 Å². The summed E-state index contributed by atoms with van der Waals surface area (Å²) in [4.78, 5) is 12.8. The first kappa shape index (κ1) is 20.6. The minimum absolute atomic E-state index is 0.263. The van der Waals surface area contributed by atoms with Crippen LogP contribution in [0.2, 0.25) is 5.02 Å². The number of nitrogens with zero attached hydrogens (tertiary/aromatic N) is 2. The molecule has 8 heteroatoms. The number of hydrogen-bond donors (Lipinski definition) is 2. The fourth-order valence-corrected chi connectivity index (χ4v) is 4.42. The standard InChI is InChI=1S/C22H23ClFN3O3/c1-14(19-11-17(23)10-15-12-25-26-20(15)19)30-13-22(16-2-4-18(24)5-3-16)6-8-27(9-7-22)21(28)29/h2-5,10-12,14H,6-9,13H2,1H3,(H,25,26)(H,28,29). The molecule has 1 aromatic heterocycles. The zero-order chi connectivity index (χ0) is 21.3. The third kappa shape index (κ3) is 4.00. The molecule has 2 aromatic carbocycles. The van der Waals surface area contributed by atoms with Crippen molar-refractivity contribution in [2.75, 3.05) is 19.7 Å². The molecule has 3 aromatic rings. The first-order chi connectivity index (χ1) is 14.4. The molecule has 2 N–H and O–H groups in total. The number of likely N-dealkylation sites (tertiary alicyclic amines) is 1. The molecular formula is C22H23ClFN3O3. The number of ether oxygens (including phenoxy) is 1. The number of carboxylic acid groups (broad SMARTS) is 1. The number of amides is 1. The highest BCUT2D eigenvalue weighted by Crippen LogP contribution is 2.38. The monoisotopic (exact) mass is 431 g/mol. The molecule has 1 atom stereocenters. The van der Waals surface area contributed by atoms with E-state index < -0.39 is 6.09 Å². The number of fused-ring (bicyclic) bond motifs is 1. The Morgan fingerprint density at radius 3 is 2.70 bits per heavy atom. The van der Waals surface area contributed by atoms with E-state index in [2.05, 4.69) is 10.2 Å². The van der Waals surface area contributed by atoms with Crippen molar-refractivity contribution >= 4 is 28.6 Å². The van der Waals surface area contributed by atoms with Crippen LogP contribution in [0.4, 0.5) is 9.18 Å². The Morgan fingerprint density at radius 1 is 1.33 bits per heavy atom. The number of aromatic nitrogens is 2. The quantitative estimate of drug-likeness (QED) is 0.586. The van der Waals surface area contributed by atoms with Crippen LogP contribution in [0.1, 0.15) is 37.0 Å². The maximum atomic E-state index is 13.5. The lowest BCUT2D eigenvalue weighted by atomic mass is 9.73. The summed E-state index contributed by atoms with van der Waals surface area (Å²) in [7, 11) is 0. The first-order valence-electron chi connectivity index (χ1n) is 9.86. The summed E-state index contributed by atoms with van der Waals surface area (Å²) in [6.07, 6.45) is 1.75. The molecule has 1 unspecified atom stereocenters. The molecule has 30 heavy (non-hydrogen) atoms. The topological polar surface area (TPSA) is 78.4 Å². The summed E-state index contributed by atoms with van der Waals surface area (Å²) in [6.45, 7) is 3.16. The number of benzene rings is 2. The SMILES string of the molecule is CC(OCC1(c2ccc(F)cc2)CCN(C(=O)O)CC1)c1cc(Cl)cc2cn[nH]c12. The third-order valence-electron chi connectivity index (χ3n) is 6.04. The van der Waals surface area contributed by atoms with Gasteiger partial charge in [0.05, 0.1) is 24.4 Å². The van der Waals surface area contributed by atoms with Crippen molar-refractivity contribution in [3.63, 3.8) is 0 Å². The van der Waals surface area contributed by atoms with Gasteiger partial charge in [-0.25, -0.2) is 9.18 Å². The molecule has 6 nitrogen and oxygen atoms in total. The van der Waals surface area contributed by atoms with Crippen molar-refractivity contribution in [1.82, 2.24) is 15.1 Å². The first-order valence-corrected chi connectivity index (χ1v) is 10.2. The lowest BCUT2D eigenvalue weighted by Gasteiger charge is -2.41. The van der Waals surface area contributed by atoms with Crippen LogP contribution in [0, 0.1) is 5.82 Å². The van der Waals surface area contributed by atoms with E-state index in [-0.39, 0.29) is 17.3 Å². The second-order valence-corrected chi connectivity index (χ2v) is 8.28. The van der Waals surface area contributed by atoms with E-state index in [1.807, 2.05) is 19.1 Å². The van der Waals surface area contributed by atoms with Gasteiger partial charge in [-0.3, -0.25) is 5.10 Å². The van der Waals surface area contributed by atoms with Gasteiger partial charge in [0.2, 0.25) is 0 Å². The molecule has 0 saturated carbocycles. The molecule has 0 bridgehead atoms. The largest absolute Gasteiger partial charge is 0.465 e. The minimum atomic E-state index is -0.919. The summed E-state index contributed by atoms with van der Waals surface area (Å²) in [5.41, 5.74) is 2.36. The number of rotatable bonds is 5.